The van der Waals surface area contributed by atoms with Gasteiger partial charge < -0.3 is 4.90 Å². The van der Waals surface area contributed by atoms with E-state index in [0.717, 1.165) is 33.6 Å². The average Bonchev–Trinajstić information content (AvgIpc) is 3.03. The zero-order chi connectivity index (χ0) is 22.0. The van der Waals surface area contributed by atoms with E-state index in [-0.39, 0.29) is 22.7 Å². The number of carbonyl (C=O) groups is 2. The van der Waals surface area contributed by atoms with E-state index in [4.69, 9.17) is 11.6 Å². The van der Waals surface area contributed by atoms with Gasteiger partial charge in [0, 0.05) is 23.4 Å². The first-order valence-corrected chi connectivity index (χ1v) is 10.7. The Balaban J connectivity index is 1.50. The number of halogens is 2. The second-order valence-corrected chi connectivity index (χ2v) is 8.39. The Hall–Kier alpha value is -3.09. The zero-order valence-corrected chi connectivity index (χ0v) is 18.2. The number of carbonyl (C=O) groups excluding carboxylic acids is 2. The van der Waals surface area contributed by atoms with Crippen molar-refractivity contribution < 1.29 is 14.0 Å². The fourth-order valence-electron chi connectivity index (χ4n) is 3.20. The van der Waals surface area contributed by atoms with Crippen molar-refractivity contribution in [1.82, 2.24) is 4.90 Å². The summed E-state index contributed by atoms with van der Waals surface area (Å²) in [6.45, 7) is 0.00191. The number of nitrogens with zero attached hydrogens (tertiary/aromatic N) is 2. The minimum absolute atomic E-state index is 0.00191. The molecule has 3 aromatic rings. The van der Waals surface area contributed by atoms with Gasteiger partial charge in [-0.2, -0.15) is 0 Å². The number of hydrogen-bond donors (Lipinski definition) is 0. The van der Waals surface area contributed by atoms with E-state index < -0.39 is 5.82 Å². The van der Waals surface area contributed by atoms with Crippen LogP contribution in [-0.4, -0.2) is 23.1 Å². The molecule has 1 heterocycles. The third kappa shape index (κ3) is 4.65. The third-order valence-electron chi connectivity index (χ3n) is 4.94. The molecule has 7 heteroatoms. The molecule has 0 saturated carbocycles. The minimum atomic E-state index is -0.468. The lowest BCUT2D eigenvalue weighted by atomic mass is 10.1. The lowest BCUT2D eigenvalue weighted by molar-refractivity contribution is -0.123. The van der Waals surface area contributed by atoms with Crippen molar-refractivity contribution in [3.05, 3.63) is 99.7 Å². The Bertz CT molecular complexity index is 1170. The number of benzene rings is 3. The van der Waals surface area contributed by atoms with Gasteiger partial charge >= 0.3 is 0 Å². The molecule has 1 aliphatic rings. The maximum absolute atomic E-state index is 13.2. The van der Waals surface area contributed by atoms with Crippen molar-refractivity contribution in [1.29, 1.82) is 0 Å². The first-order chi connectivity index (χ1) is 14.9. The van der Waals surface area contributed by atoms with Gasteiger partial charge in [-0.3, -0.25) is 14.5 Å². The molecule has 0 N–H and O–H groups in total. The maximum Gasteiger partial charge on any atom is 0.293 e. The van der Waals surface area contributed by atoms with Crippen LogP contribution in [0.1, 0.15) is 11.1 Å². The number of amides is 2. The first-order valence-electron chi connectivity index (χ1n) is 9.50. The van der Waals surface area contributed by atoms with Crippen LogP contribution in [-0.2, 0) is 11.3 Å². The summed E-state index contributed by atoms with van der Waals surface area (Å²) in [4.78, 5) is 28.6. The van der Waals surface area contributed by atoms with E-state index in [2.05, 4.69) is 4.90 Å². The summed E-state index contributed by atoms with van der Waals surface area (Å²) in [6.07, 6.45) is 1.70. The van der Waals surface area contributed by atoms with Gasteiger partial charge in [-0.15, -0.1) is 0 Å². The molecule has 1 aliphatic heterocycles. The molecule has 1 saturated heterocycles. The lowest BCUT2D eigenvalue weighted by Crippen LogP contribution is -2.27. The Morgan fingerprint density at radius 2 is 1.68 bits per heavy atom. The normalized spacial score (nSPS) is 15.1. The molecule has 2 amide bonds. The fraction of sp³-hybridized carbons (Fsp3) is 0.0833. The molecule has 0 unspecified atom stereocenters. The highest BCUT2D eigenvalue weighted by molar-refractivity contribution is 8.18. The van der Waals surface area contributed by atoms with E-state index in [1.807, 2.05) is 61.6 Å². The lowest BCUT2D eigenvalue weighted by Gasteiger charge is -2.19. The van der Waals surface area contributed by atoms with Crippen LogP contribution in [0.4, 0.5) is 20.6 Å². The number of thioether (sulfide) groups is 1. The monoisotopic (exact) mass is 452 g/mol. The third-order valence-corrected chi connectivity index (χ3v) is 6.20. The fourth-order valence-corrected chi connectivity index (χ4v) is 4.27. The van der Waals surface area contributed by atoms with Crippen molar-refractivity contribution >= 4 is 52.0 Å². The van der Waals surface area contributed by atoms with Gasteiger partial charge in [-0.1, -0.05) is 48.0 Å². The molecule has 0 radical (unpaired) electrons. The van der Waals surface area contributed by atoms with Gasteiger partial charge in [0.2, 0.25) is 0 Å². The van der Waals surface area contributed by atoms with Crippen LogP contribution in [0.25, 0.3) is 6.08 Å². The van der Waals surface area contributed by atoms with Crippen molar-refractivity contribution in [2.24, 2.45) is 0 Å². The first kappa shape index (κ1) is 21.2. The standard InChI is InChI=1S/C24H18ClFN2O2S/c1-27(19-5-3-2-4-6-19)20-11-7-16(8-12-20)13-22-23(29)28(24(30)31-22)15-17-9-10-18(26)14-21(17)25/h2-14H,15H2,1H3/b22-13-. The van der Waals surface area contributed by atoms with Gasteiger partial charge in [-0.25, -0.2) is 4.39 Å². The Labute approximate surface area is 188 Å². The average molecular weight is 453 g/mol. The van der Waals surface area contributed by atoms with Crippen LogP contribution < -0.4 is 4.90 Å². The van der Waals surface area contributed by atoms with Crippen LogP contribution in [0.5, 0.6) is 0 Å². The molecule has 156 valence electrons. The Morgan fingerprint density at radius 1 is 1.00 bits per heavy atom. The largest absolute Gasteiger partial charge is 0.345 e. The molecule has 4 rings (SSSR count). The highest BCUT2D eigenvalue weighted by Gasteiger charge is 2.35. The molecule has 0 bridgehead atoms. The predicted molar refractivity (Wildman–Crippen MR) is 124 cm³/mol. The molecule has 0 aliphatic carbocycles. The molecule has 0 atom stereocenters. The Morgan fingerprint density at radius 3 is 2.35 bits per heavy atom. The molecule has 3 aromatic carbocycles. The van der Waals surface area contributed by atoms with Crippen molar-refractivity contribution in [3.8, 4) is 0 Å². The van der Waals surface area contributed by atoms with E-state index in [0.29, 0.717) is 10.5 Å². The highest BCUT2D eigenvalue weighted by atomic mass is 35.5. The summed E-state index contributed by atoms with van der Waals surface area (Å²) >= 11 is 6.92. The summed E-state index contributed by atoms with van der Waals surface area (Å²) in [5.41, 5.74) is 3.40. The molecule has 0 spiro atoms. The van der Waals surface area contributed by atoms with Gasteiger partial charge in [0.05, 0.1) is 11.4 Å². The van der Waals surface area contributed by atoms with Crippen molar-refractivity contribution in [2.45, 2.75) is 6.54 Å². The molecular weight excluding hydrogens is 435 g/mol. The number of anilines is 2. The number of rotatable bonds is 5. The SMILES string of the molecule is CN(c1ccccc1)c1ccc(/C=C2\SC(=O)N(Cc3ccc(F)cc3Cl)C2=O)cc1. The van der Waals surface area contributed by atoms with Crippen LogP contribution in [0, 0.1) is 5.82 Å². The number of imide groups is 1. The van der Waals surface area contributed by atoms with Gasteiger partial charge in [0.15, 0.2) is 0 Å². The minimum Gasteiger partial charge on any atom is -0.345 e. The highest BCUT2D eigenvalue weighted by Crippen LogP contribution is 2.34. The van der Waals surface area contributed by atoms with Gasteiger partial charge in [0.25, 0.3) is 11.1 Å². The van der Waals surface area contributed by atoms with Crippen LogP contribution in [0.3, 0.4) is 0 Å². The second kappa shape index (κ2) is 8.96. The second-order valence-electron chi connectivity index (χ2n) is 6.99. The van der Waals surface area contributed by atoms with Crippen molar-refractivity contribution in [3.63, 3.8) is 0 Å². The summed E-state index contributed by atoms with van der Waals surface area (Å²) < 4.78 is 13.2. The summed E-state index contributed by atoms with van der Waals surface area (Å²) in [7, 11) is 1.98. The summed E-state index contributed by atoms with van der Waals surface area (Å²) in [6, 6.07) is 21.6. The summed E-state index contributed by atoms with van der Waals surface area (Å²) in [5.74, 6) is -0.856. The van der Waals surface area contributed by atoms with Crippen LogP contribution in [0.2, 0.25) is 5.02 Å². The van der Waals surface area contributed by atoms with E-state index in [1.165, 1.54) is 18.2 Å². The van der Waals surface area contributed by atoms with E-state index in [9.17, 15) is 14.0 Å². The van der Waals surface area contributed by atoms with Crippen LogP contribution >= 0.6 is 23.4 Å². The van der Waals surface area contributed by atoms with Crippen molar-refractivity contribution in [2.75, 3.05) is 11.9 Å². The smallest absolute Gasteiger partial charge is 0.293 e. The Kier molecular flexibility index (Phi) is 6.11. The topological polar surface area (TPSA) is 40.6 Å². The number of para-hydroxylation sites is 1. The van der Waals surface area contributed by atoms with E-state index >= 15 is 0 Å². The molecule has 0 aromatic heterocycles. The van der Waals surface area contributed by atoms with Gasteiger partial charge in [-0.05, 0) is 65.4 Å². The number of hydrogen-bond acceptors (Lipinski definition) is 4. The van der Waals surface area contributed by atoms with Crippen LogP contribution in [0.15, 0.2) is 77.7 Å². The summed E-state index contributed by atoms with van der Waals surface area (Å²) in [5, 5.41) is -0.196. The van der Waals surface area contributed by atoms with E-state index in [1.54, 1.807) is 6.08 Å². The molecule has 4 nitrogen and oxygen atoms in total. The predicted octanol–water partition coefficient (Wildman–Crippen LogP) is 6.48. The zero-order valence-electron chi connectivity index (χ0n) is 16.6. The van der Waals surface area contributed by atoms with Gasteiger partial charge in [0.1, 0.15) is 5.82 Å². The molecule has 1 fully saturated rings. The maximum atomic E-state index is 13.2. The quantitative estimate of drug-likeness (QED) is 0.415. The molecular formula is C24H18ClFN2O2S. The molecule has 31 heavy (non-hydrogen) atoms.